The van der Waals surface area contributed by atoms with Crippen molar-refractivity contribution in [2.24, 2.45) is 0 Å². The minimum Gasteiger partial charge on any atom is -0.490 e. The molecule has 1 aromatic heterocycles. The molecule has 1 N–H and O–H groups in total. The van der Waals surface area contributed by atoms with Crippen molar-refractivity contribution in [1.29, 1.82) is 0 Å². The fraction of sp³-hybridized carbons (Fsp3) is 0.538. The van der Waals surface area contributed by atoms with E-state index < -0.39 is 16.9 Å². The summed E-state index contributed by atoms with van der Waals surface area (Å²) >= 11 is 5.42. The van der Waals surface area contributed by atoms with Gasteiger partial charge in [0.15, 0.2) is 0 Å². The number of piperidine rings is 1. The van der Waals surface area contributed by atoms with E-state index >= 15 is 0 Å². The van der Waals surface area contributed by atoms with E-state index in [1.54, 1.807) is 0 Å². The van der Waals surface area contributed by atoms with Gasteiger partial charge in [-0.2, -0.15) is 13.2 Å². The summed E-state index contributed by atoms with van der Waals surface area (Å²) < 4.78 is 43.4. The van der Waals surface area contributed by atoms with Gasteiger partial charge < -0.3 is 10.1 Å². The molecule has 116 valence electrons. The van der Waals surface area contributed by atoms with Gasteiger partial charge in [0.25, 0.3) is 0 Å². The van der Waals surface area contributed by atoms with Gasteiger partial charge in [-0.1, -0.05) is 11.6 Å². The maximum atomic E-state index is 12.7. The van der Waals surface area contributed by atoms with Crippen molar-refractivity contribution < 1.29 is 22.7 Å². The Morgan fingerprint density at radius 1 is 1.48 bits per heavy atom. The van der Waals surface area contributed by atoms with Crippen molar-refractivity contribution in [3.8, 4) is 5.75 Å². The number of hydrogen-bond acceptors (Lipinski definition) is 4. The Hall–Kier alpha value is -1.34. The second kappa shape index (κ2) is 6.19. The average molecular weight is 323 g/mol. The number of carbonyl (C=O) groups is 1. The zero-order chi connectivity index (χ0) is 15.6. The number of pyridine rings is 1. The zero-order valence-electron chi connectivity index (χ0n) is 11.2. The number of ether oxygens (including phenoxy) is 1. The van der Waals surface area contributed by atoms with Gasteiger partial charge in [-0.15, -0.1) is 0 Å². The van der Waals surface area contributed by atoms with E-state index in [0.717, 1.165) is 12.3 Å². The van der Waals surface area contributed by atoms with Crippen molar-refractivity contribution in [1.82, 2.24) is 10.3 Å². The first kappa shape index (κ1) is 16.0. The van der Waals surface area contributed by atoms with E-state index in [9.17, 15) is 18.0 Å². The maximum Gasteiger partial charge on any atom is 0.419 e. The van der Waals surface area contributed by atoms with E-state index in [1.165, 1.54) is 0 Å². The average Bonchev–Trinajstić information content (AvgIpc) is 2.35. The molecule has 21 heavy (non-hydrogen) atoms. The normalized spacial score (nSPS) is 23.2. The van der Waals surface area contributed by atoms with E-state index in [4.69, 9.17) is 16.3 Å². The highest BCUT2D eigenvalue weighted by Crippen LogP contribution is 2.35. The summed E-state index contributed by atoms with van der Waals surface area (Å²) in [5.41, 5.74) is -1.04. The number of rotatable bonds is 3. The summed E-state index contributed by atoms with van der Waals surface area (Å²) in [4.78, 5) is 14.9. The van der Waals surface area contributed by atoms with Gasteiger partial charge in [-0.25, -0.2) is 4.98 Å². The summed E-state index contributed by atoms with van der Waals surface area (Å²) in [6.45, 7) is 1.96. The smallest absolute Gasteiger partial charge is 0.419 e. The van der Waals surface area contributed by atoms with E-state index in [-0.39, 0.29) is 30.2 Å². The topological polar surface area (TPSA) is 51.2 Å². The number of hydrogen-bond donors (Lipinski definition) is 1. The van der Waals surface area contributed by atoms with Crippen LogP contribution in [0.2, 0.25) is 5.15 Å². The van der Waals surface area contributed by atoms with Gasteiger partial charge in [-0.3, -0.25) is 4.79 Å². The van der Waals surface area contributed by atoms with E-state index in [0.29, 0.717) is 12.8 Å². The molecule has 2 rings (SSSR count). The van der Waals surface area contributed by atoms with Crippen LogP contribution >= 0.6 is 11.6 Å². The minimum absolute atomic E-state index is 0.0285. The van der Waals surface area contributed by atoms with Gasteiger partial charge >= 0.3 is 6.18 Å². The first-order valence-corrected chi connectivity index (χ1v) is 6.77. The predicted octanol–water partition coefficient (Wildman–Crippen LogP) is 2.84. The molecule has 0 radical (unpaired) electrons. The summed E-state index contributed by atoms with van der Waals surface area (Å²) in [5.74, 6) is 0.0827. The molecule has 1 aliphatic rings. The Labute approximate surface area is 124 Å². The molecular formula is C13H14ClF3N2O2. The van der Waals surface area contributed by atoms with Crippen LogP contribution < -0.4 is 10.1 Å². The molecule has 4 nitrogen and oxygen atoms in total. The summed E-state index contributed by atoms with van der Waals surface area (Å²) in [6, 6.07) is 0.629. The summed E-state index contributed by atoms with van der Waals surface area (Å²) in [6.07, 6.45) is -2.70. The van der Waals surface area contributed by atoms with Crippen molar-refractivity contribution >= 4 is 17.4 Å². The van der Waals surface area contributed by atoms with Gasteiger partial charge in [0, 0.05) is 24.9 Å². The summed E-state index contributed by atoms with van der Waals surface area (Å²) in [7, 11) is 0. The van der Waals surface area contributed by atoms with Crippen LogP contribution in [0.1, 0.15) is 25.3 Å². The van der Waals surface area contributed by atoms with Crippen molar-refractivity contribution in [3.05, 3.63) is 23.0 Å². The summed E-state index contributed by atoms with van der Waals surface area (Å²) in [5, 5.41) is 2.54. The Morgan fingerprint density at radius 2 is 2.19 bits per heavy atom. The molecule has 2 atom stereocenters. The third kappa shape index (κ3) is 4.31. The van der Waals surface area contributed by atoms with E-state index in [1.807, 2.05) is 6.92 Å². The Kier molecular flexibility index (Phi) is 4.73. The first-order valence-electron chi connectivity index (χ1n) is 6.39. The number of alkyl halides is 3. The number of aromatic nitrogens is 1. The molecule has 1 aromatic rings. The van der Waals surface area contributed by atoms with E-state index in [2.05, 4.69) is 10.3 Å². The fourth-order valence-electron chi connectivity index (χ4n) is 2.23. The quantitative estimate of drug-likeness (QED) is 0.869. The number of nitrogens with zero attached hydrogens (tertiary/aromatic N) is 1. The maximum absolute atomic E-state index is 12.7. The molecule has 1 aliphatic heterocycles. The second-order valence-corrected chi connectivity index (χ2v) is 5.39. The minimum atomic E-state index is -4.59. The monoisotopic (exact) mass is 322 g/mol. The molecule has 8 heteroatoms. The molecule has 1 fully saturated rings. The molecule has 0 aliphatic carbocycles. The fourth-order valence-corrected chi connectivity index (χ4v) is 2.44. The van der Waals surface area contributed by atoms with Gasteiger partial charge in [0.1, 0.15) is 23.3 Å². The van der Waals surface area contributed by atoms with Crippen molar-refractivity contribution in [3.63, 3.8) is 0 Å². The molecule has 0 amide bonds. The molecular weight excluding hydrogens is 309 g/mol. The molecule has 0 spiro atoms. The van der Waals surface area contributed by atoms with Crippen LogP contribution in [0.4, 0.5) is 13.2 Å². The van der Waals surface area contributed by atoms with Gasteiger partial charge in [0.2, 0.25) is 0 Å². The largest absolute Gasteiger partial charge is 0.490 e. The standard InChI is InChI=1S/C13H14ClF3N2O2/c1-7-2-9(20)3-8(19-7)6-21-10-4-11(13(15,16)17)12(14)18-5-10/h4-5,7-8,19H,2-3,6H2,1H3/t7-,8-/m0/s1. The Balaban J connectivity index is 2.02. The first-order chi connectivity index (χ1) is 9.75. The van der Waals surface area contributed by atoms with Crippen LogP contribution in [-0.2, 0) is 11.0 Å². The molecule has 2 heterocycles. The molecule has 0 aromatic carbocycles. The number of carbonyl (C=O) groups excluding carboxylic acids is 1. The number of Topliss-reactive ketones (excluding diaryl/α,β-unsaturated/α-hetero) is 1. The highest BCUT2D eigenvalue weighted by molar-refractivity contribution is 6.30. The lowest BCUT2D eigenvalue weighted by molar-refractivity contribution is -0.137. The highest BCUT2D eigenvalue weighted by atomic mass is 35.5. The molecule has 1 saturated heterocycles. The van der Waals surface area contributed by atoms with Crippen molar-refractivity contribution in [2.75, 3.05) is 6.61 Å². The lowest BCUT2D eigenvalue weighted by atomic mass is 9.99. The molecule has 0 unspecified atom stereocenters. The lowest BCUT2D eigenvalue weighted by Gasteiger charge is -2.27. The number of nitrogens with one attached hydrogen (secondary N) is 1. The third-order valence-electron chi connectivity index (χ3n) is 3.10. The predicted molar refractivity (Wildman–Crippen MR) is 70.4 cm³/mol. The van der Waals surface area contributed by atoms with Crippen LogP contribution in [-0.4, -0.2) is 29.5 Å². The molecule has 0 bridgehead atoms. The molecule has 0 saturated carbocycles. The van der Waals surface area contributed by atoms with Crippen LogP contribution in [0.5, 0.6) is 5.75 Å². The van der Waals surface area contributed by atoms with Crippen molar-refractivity contribution in [2.45, 2.75) is 38.0 Å². The number of ketones is 1. The third-order valence-corrected chi connectivity index (χ3v) is 3.40. The Morgan fingerprint density at radius 3 is 2.81 bits per heavy atom. The number of halogens is 4. The van der Waals surface area contributed by atoms with Crippen LogP contribution in [0.15, 0.2) is 12.3 Å². The van der Waals surface area contributed by atoms with Crippen LogP contribution in [0.25, 0.3) is 0 Å². The van der Waals surface area contributed by atoms with Crippen LogP contribution in [0, 0.1) is 0 Å². The SMILES string of the molecule is C[C@H]1CC(=O)C[C@@H](COc2cnc(Cl)c(C(F)(F)F)c2)N1. The lowest BCUT2D eigenvalue weighted by Crippen LogP contribution is -2.47. The second-order valence-electron chi connectivity index (χ2n) is 5.03. The van der Waals surface area contributed by atoms with Crippen LogP contribution in [0.3, 0.4) is 0 Å². The van der Waals surface area contributed by atoms with Gasteiger partial charge in [-0.05, 0) is 13.0 Å². The van der Waals surface area contributed by atoms with Gasteiger partial charge in [0.05, 0.1) is 11.8 Å². The zero-order valence-corrected chi connectivity index (χ0v) is 12.0. The highest BCUT2D eigenvalue weighted by Gasteiger charge is 2.34. The Bertz CT molecular complexity index is 537.